The summed E-state index contributed by atoms with van der Waals surface area (Å²) in [6.45, 7) is 2.66. The Bertz CT molecular complexity index is 832. The van der Waals surface area contributed by atoms with Crippen LogP contribution in [0.3, 0.4) is 0 Å². The molecule has 3 aromatic rings. The molecule has 0 spiro atoms. The maximum absolute atomic E-state index is 12.5. The number of hydrogen-bond acceptors (Lipinski definition) is 3. The monoisotopic (exact) mass is 345 g/mol. The van der Waals surface area contributed by atoms with Crippen molar-refractivity contribution in [2.24, 2.45) is 0 Å². The Morgan fingerprint density at radius 3 is 2.27 bits per heavy atom. The Labute approximate surface area is 154 Å². The SMILES string of the molecule is CC(Nc1ccc(C(=O)N(C)Cc2ccccc2)nc1)c1ccccc1. The summed E-state index contributed by atoms with van der Waals surface area (Å²) in [7, 11) is 1.79. The van der Waals surface area contributed by atoms with Crippen molar-refractivity contribution in [1.29, 1.82) is 0 Å². The normalized spacial score (nSPS) is 11.6. The van der Waals surface area contributed by atoms with Gasteiger partial charge in [-0.15, -0.1) is 0 Å². The first-order valence-electron chi connectivity index (χ1n) is 8.70. The van der Waals surface area contributed by atoms with E-state index in [2.05, 4.69) is 29.4 Å². The number of benzene rings is 2. The van der Waals surface area contributed by atoms with Crippen LogP contribution in [0.4, 0.5) is 5.69 Å². The van der Waals surface area contributed by atoms with Crippen LogP contribution in [0, 0.1) is 0 Å². The van der Waals surface area contributed by atoms with Crippen molar-refractivity contribution < 1.29 is 4.79 Å². The van der Waals surface area contributed by atoms with Crippen molar-refractivity contribution in [1.82, 2.24) is 9.88 Å². The highest BCUT2D eigenvalue weighted by Crippen LogP contribution is 2.18. The van der Waals surface area contributed by atoms with E-state index in [9.17, 15) is 4.79 Å². The smallest absolute Gasteiger partial charge is 0.272 e. The van der Waals surface area contributed by atoms with Crippen LogP contribution < -0.4 is 5.32 Å². The molecule has 2 aromatic carbocycles. The van der Waals surface area contributed by atoms with Crippen LogP contribution in [-0.4, -0.2) is 22.8 Å². The maximum Gasteiger partial charge on any atom is 0.272 e. The van der Waals surface area contributed by atoms with Gasteiger partial charge in [0.05, 0.1) is 11.9 Å². The molecule has 0 bridgehead atoms. The summed E-state index contributed by atoms with van der Waals surface area (Å²) in [5, 5.41) is 3.41. The summed E-state index contributed by atoms with van der Waals surface area (Å²) in [6, 6.07) is 24.0. The van der Waals surface area contributed by atoms with E-state index >= 15 is 0 Å². The van der Waals surface area contributed by atoms with Crippen molar-refractivity contribution >= 4 is 11.6 Å². The molecule has 132 valence electrons. The molecule has 1 amide bonds. The molecule has 4 heteroatoms. The van der Waals surface area contributed by atoms with E-state index in [-0.39, 0.29) is 11.9 Å². The second kappa shape index (κ2) is 8.30. The molecule has 0 saturated carbocycles. The molecular weight excluding hydrogens is 322 g/mol. The van der Waals surface area contributed by atoms with Crippen LogP contribution in [0.2, 0.25) is 0 Å². The maximum atomic E-state index is 12.5. The minimum absolute atomic E-state index is 0.0866. The summed E-state index contributed by atoms with van der Waals surface area (Å²) in [5.74, 6) is -0.0866. The van der Waals surface area contributed by atoms with Gasteiger partial charge in [0.25, 0.3) is 5.91 Å². The first kappa shape index (κ1) is 17.7. The topological polar surface area (TPSA) is 45.2 Å². The fraction of sp³-hybridized carbons (Fsp3) is 0.182. The quantitative estimate of drug-likeness (QED) is 0.714. The second-order valence-corrected chi connectivity index (χ2v) is 6.36. The van der Waals surface area contributed by atoms with Gasteiger partial charge in [0.1, 0.15) is 5.69 Å². The van der Waals surface area contributed by atoms with Crippen LogP contribution in [0.25, 0.3) is 0 Å². The lowest BCUT2D eigenvalue weighted by molar-refractivity contribution is 0.0779. The first-order chi connectivity index (χ1) is 12.6. The van der Waals surface area contributed by atoms with Gasteiger partial charge in [-0.3, -0.25) is 4.79 Å². The second-order valence-electron chi connectivity index (χ2n) is 6.36. The van der Waals surface area contributed by atoms with Gasteiger partial charge >= 0.3 is 0 Å². The lowest BCUT2D eigenvalue weighted by Crippen LogP contribution is -2.27. The van der Waals surface area contributed by atoms with E-state index < -0.39 is 0 Å². The van der Waals surface area contributed by atoms with E-state index in [1.54, 1.807) is 24.2 Å². The first-order valence-corrected chi connectivity index (χ1v) is 8.70. The van der Waals surface area contributed by atoms with Crippen molar-refractivity contribution in [3.8, 4) is 0 Å². The Morgan fingerprint density at radius 1 is 1.00 bits per heavy atom. The zero-order chi connectivity index (χ0) is 18.4. The van der Waals surface area contributed by atoms with Crippen LogP contribution in [0.1, 0.15) is 34.6 Å². The number of carbonyl (C=O) groups is 1. The third kappa shape index (κ3) is 4.48. The van der Waals surface area contributed by atoms with Crippen LogP contribution >= 0.6 is 0 Å². The number of carbonyl (C=O) groups excluding carboxylic acids is 1. The number of nitrogens with zero attached hydrogens (tertiary/aromatic N) is 2. The molecular formula is C22H23N3O. The molecule has 26 heavy (non-hydrogen) atoms. The number of hydrogen-bond donors (Lipinski definition) is 1. The highest BCUT2D eigenvalue weighted by molar-refractivity contribution is 5.92. The average molecular weight is 345 g/mol. The third-order valence-corrected chi connectivity index (χ3v) is 4.27. The fourth-order valence-corrected chi connectivity index (χ4v) is 2.81. The van der Waals surface area contributed by atoms with Gasteiger partial charge in [-0.2, -0.15) is 0 Å². The van der Waals surface area contributed by atoms with Crippen molar-refractivity contribution in [2.45, 2.75) is 19.5 Å². The Hall–Kier alpha value is -3.14. The van der Waals surface area contributed by atoms with Gasteiger partial charge in [0.15, 0.2) is 0 Å². The van der Waals surface area contributed by atoms with E-state index in [1.165, 1.54) is 5.56 Å². The van der Waals surface area contributed by atoms with E-state index in [1.807, 2.05) is 54.6 Å². The van der Waals surface area contributed by atoms with Crippen molar-refractivity contribution in [3.63, 3.8) is 0 Å². The molecule has 4 nitrogen and oxygen atoms in total. The van der Waals surface area contributed by atoms with E-state index in [0.717, 1.165) is 11.3 Å². The van der Waals surface area contributed by atoms with Crippen molar-refractivity contribution in [3.05, 3.63) is 95.8 Å². The molecule has 1 unspecified atom stereocenters. The number of nitrogens with one attached hydrogen (secondary N) is 1. The van der Waals surface area contributed by atoms with Crippen LogP contribution in [-0.2, 0) is 6.54 Å². The molecule has 0 aliphatic rings. The third-order valence-electron chi connectivity index (χ3n) is 4.27. The lowest BCUT2D eigenvalue weighted by atomic mass is 10.1. The van der Waals surface area contributed by atoms with Crippen LogP contribution in [0.15, 0.2) is 79.0 Å². The Kier molecular flexibility index (Phi) is 5.64. The van der Waals surface area contributed by atoms with Gasteiger partial charge in [-0.05, 0) is 30.2 Å². The molecule has 1 N–H and O–H groups in total. The summed E-state index contributed by atoms with van der Waals surface area (Å²) in [6.07, 6.45) is 1.71. The number of rotatable bonds is 6. The number of pyridine rings is 1. The molecule has 0 aliphatic heterocycles. The highest BCUT2D eigenvalue weighted by atomic mass is 16.2. The van der Waals surface area contributed by atoms with Crippen molar-refractivity contribution in [2.75, 3.05) is 12.4 Å². The molecule has 1 aromatic heterocycles. The zero-order valence-corrected chi connectivity index (χ0v) is 15.1. The average Bonchev–Trinajstić information content (AvgIpc) is 2.69. The fourth-order valence-electron chi connectivity index (χ4n) is 2.81. The highest BCUT2D eigenvalue weighted by Gasteiger charge is 2.14. The zero-order valence-electron chi connectivity index (χ0n) is 15.1. The lowest BCUT2D eigenvalue weighted by Gasteiger charge is -2.18. The molecule has 1 heterocycles. The standard InChI is InChI=1S/C22H23N3O/c1-17(19-11-7-4-8-12-19)24-20-13-14-21(23-15-20)22(26)25(2)16-18-9-5-3-6-10-18/h3-15,17,24H,16H2,1-2H3. The van der Waals surface area contributed by atoms with Gasteiger partial charge in [-0.1, -0.05) is 60.7 Å². The molecule has 0 aliphatic carbocycles. The van der Waals surface area contributed by atoms with Crippen LogP contribution in [0.5, 0.6) is 0 Å². The number of amides is 1. The molecule has 0 radical (unpaired) electrons. The Balaban J connectivity index is 1.62. The molecule has 0 fully saturated rings. The minimum Gasteiger partial charge on any atom is -0.377 e. The number of anilines is 1. The Morgan fingerprint density at radius 2 is 1.65 bits per heavy atom. The van der Waals surface area contributed by atoms with Gasteiger partial charge < -0.3 is 10.2 Å². The summed E-state index contributed by atoms with van der Waals surface area (Å²) >= 11 is 0. The van der Waals surface area contributed by atoms with Gasteiger partial charge in [-0.25, -0.2) is 4.98 Å². The largest absolute Gasteiger partial charge is 0.377 e. The molecule has 1 atom stereocenters. The summed E-state index contributed by atoms with van der Waals surface area (Å²) in [4.78, 5) is 18.6. The number of aromatic nitrogens is 1. The van der Waals surface area contributed by atoms with E-state index in [0.29, 0.717) is 12.2 Å². The van der Waals surface area contributed by atoms with Gasteiger partial charge in [0.2, 0.25) is 0 Å². The summed E-state index contributed by atoms with van der Waals surface area (Å²) < 4.78 is 0. The summed E-state index contributed by atoms with van der Waals surface area (Å²) in [5.41, 5.74) is 3.64. The van der Waals surface area contributed by atoms with Gasteiger partial charge in [0, 0.05) is 19.6 Å². The molecule has 0 saturated heterocycles. The predicted molar refractivity (Wildman–Crippen MR) is 105 cm³/mol. The minimum atomic E-state index is -0.0866. The predicted octanol–water partition coefficient (Wildman–Crippen LogP) is 4.53. The van der Waals surface area contributed by atoms with E-state index in [4.69, 9.17) is 0 Å². The molecule has 3 rings (SSSR count).